The quantitative estimate of drug-likeness (QED) is 0.0736. The van der Waals surface area contributed by atoms with Gasteiger partial charge in [-0.05, 0) is 48.1 Å². The van der Waals surface area contributed by atoms with E-state index in [1.165, 1.54) is 51.4 Å². The van der Waals surface area contributed by atoms with Crippen molar-refractivity contribution in [3.63, 3.8) is 0 Å². The smallest absolute Gasteiger partial charge is 0.328 e. The molecule has 2 atom stereocenters. The maximum Gasteiger partial charge on any atom is 0.328 e. The molecular weight excluding hydrogens is 604 g/mol. The first-order chi connectivity index (χ1) is 23.4. The average Bonchev–Trinajstić information content (AvgIpc) is 3.09. The minimum Gasteiger partial charge on any atom is -0.461 e. The lowest BCUT2D eigenvalue weighted by atomic mass is 10.0. The number of rotatable bonds is 24. The summed E-state index contributed by atoms with van der Waals surface area (Å²) in [6, 6.07) is 21.3. The zero-order chi connectivity index (χ0) is 34.4. The Kier molecular flexibility index (Phi) is 17.8. The van der Waals surface area contributed by atoms with Gasteiger partial charge in [-0.3, -0.25) is 14.4 Å². The summed E-state index contributed by atoms with van der Waals surface area (Å²) in [5, 5.41) is 4.51. The van der Waals surface area contributed by atoms with Crippen LogP contribution in [-0.2, 0) is 30.5 Å². The van der Waals surface area contributed by atoms with E-state index in [4.69, 9.17) is 15.2 Å². The van der Waals surface area contributed by atoms with Crippen molar-refractivity contribution in [1.82, 2.24) is 5.32 Å². The van der Waals surface area contributed by atoms with Gasteiger partial charge in [-0.2, -0.15) is 0 Å². The third kappa shape index (κ3) is 14.7. The zero-order valence-electron chi connectivity index (χ0n) is 28.6. The maximum atomic E-state index is 13.5. The van der Waals surface area contributed by atoms with Crippen LogP contribution in [0.5, 0.6) is 0 Å². The average molecular weight is 659 g/mol. The number of hydrogen-bond donors (Lipinski definition) is 2. The summed E-state index contributed by atoms with van der Waals surface area (Å²) in [6.07, 6.45) is 13.3. The standard InChI is InChI=1S/C40H54N2O6/c1-2-3-4-5-6-7-8-9-10-11-15-24-33(29-37(41)43)48-40(46)36(27-19-28-38(44)47-30-31-20-13-12-14-21-31)42-39(45)35-26-18-23-32-22-16-17-25-34(32)35/h12-14,16-18,20-23,25-26,33,36H,2-11,15,19,24,27-30H2,1H3,(H2,41,43)(H,42,45)/t33-,36-/m0/s1. The molecule has 0 saturated carbocycles. The monoisotopic (exact) mass is 658 g/mol. The molecule has 2 amide bonds. The van der Waals surface area contributed by atoms with Gasteiger partial charge in [0, 0.05) is 12.0 Å². The molecule has 3 N–H and O–H groups in total. The number of ether oxygens (including phenoxy) is 2. The summed E-state index contributed by atoms with van der Waals surface area (Å²) < 4.78 is 11.2. The van der Waals surface area contributed by atoms with Crippen molar-refractivity contribution in [2.75, 3.05) is 0 Å². The minimum atomic E-state index is -1.02. The molecule has 0 spiro atoms. The van der Waals surface area contributed by atoms with Crippen LogP contribution in [0.25, 0.3) is 10.8 Å². The van der Waals surface area contributed by atoms with Crippen LogP contribution in [0.1, 0.15) is 126 Å². The van der Waals surface area contributed by atoms with Crippen molar-refractivity contribution in [3.8, 4) is 0 Å². The molecule has 0 aliphatic heterocycles. The number of esters is 2. The van der Waals surface area contributed by atoms with E-state index in [1.807, 2.05) is 60.7 Å². The van der Waals surface area contributed by atoms with Gasteiger partial charge in [0.1, 0.15) is 18.8 Å². The SMILES string of the molecule is CCCCCCCCCCCCC[C@@H](CC(N)=O)OC(=O)[C@H](CCCC(=O)OCc1ccccc1)NC(=O)c1cccc2ccccc12. The number of carbonyl (C=O) groups is 4. The summed E-state index contributed by atoms with van der Waals surface area (Å²) in [5.41, 5.74) is 6.83. The van der Waals surface area contributed by atoms with Gasteiger partial charge in [0.05, 0.1) is 6.42 Å². The fraction of sp³-hybridized carbons (Fsp3) is 0.500. The first kappa shape index (κ1) is 38.2. The van der Waals surface area contributed by atoms with Crippen molar-refractivity contribution < 1.29 is 28.7 Å². The Hall–Kier alpha value is -4.20. The lowest BCUT2D eigenvalue weighted by Crippen LogP contribution is -2.43. The second-order valence-corrected chi connectivity index (χ2v) is 12.6. The number of fused-ring (bicyclic) bond motifs is 1. The number of nitrogens with one attached hydrogen (secondary N) is 1. The van der Waals surface area contributed by atoms with Gasteiger partial charge in [-0.15, -0.1) is 0 Å². The third-order valence-corrected chi connectivity index (χ3v) is 8.58. The molecule has 260 valence electrons. The molecule has 0 bridgehead atoms. The van der Waals surface area contributed by atoms with Gasteiger partial charge in [-0.25, -0.2) is 4.79 Å². The van der Waals surface area contributed by atoms with Crippen molar-refractivity contribution in [1.29, 1.82) is 0 Å². The molecule has 0 heterocycles. The highest BCUT2D eigenvalue weighted by atomic mass is 16.5. The van der Waals surface area contributed by atoms with E-state index in [0.29, 0.717) is 18.4 Å². The molecule has 0 fully saturated rings. The van der Waals surface area contributed by atoms with Crippen LogP contribution in [0.2, 0.25) is 0 Å². The zero-order valence-corrected chi connectivity index (χ0v) is 28.6. The van der Waals surface area contributed by atoms with Gasteiger partial charge in [0.2, 0.25) is 5.91 Å². The number of amides is 2. The largest absolute Gasteiger partial charge is 0.461 e. The highest BCUT2D eigenvalue weighted by Crippen LogP contribution is 2.20. The van der Waals surface area contributed by atoms with Crippen molar-refractivity contribution in [3.05, 3.63) is 83.9 Å². The second-order valence-electron chi connectivity index (χ2n) is 12.6. The van der Waals surface area contributed by atoms with E-state index in [2.05, 4.69) is 12.2 Å². The van der Waals surface area contributed by atoms with E-state index in [-0.39, 0.29) is 25.9 Å². The lowest BCUT2D eigenvalue weighted by molar-refractivity contribution is -0.153. The molecule has 0 saturated heterocycles. The Bertz CT molecular complexity index is 1400. The molecule has 3 rings (SSSR count). The Morgan fingerprint density at radius 2 is 1.33 bits per heavy atom. The van der Waals surface area contributed by atoms with Crippen LogP contribution in [0.15, 0.2) is 72.8 Å². The normalized spacial score (nSPS) is 12.3. The van der Waals surface area contributed by atoms with Crippen LogP contribution in [0.4, 0.5) is 0 Å². The number of nitrogens with two attached hydrogens (primary N) is 1. The molecule has 48 heavy (non-hydrogen) atoms. The Morgan fingerprint density at radius 3 is 2.02 bits per heavy atom. The van der Waals surface area contributed by atoms with Crippen molar-refractivity contribution in [2.45, 2.75) is 128 Å². The Labute approximate surface area is 286 Å². The van der Waals surface area contributed by atoms with Gasteiger partial charge in [0.15, 0.2) is 0 Å². The Morgan fingerprint density at radius 1 is 0.708 bits per heavy atom. The first-order valence-electron chi connectivity index (χ1n) is 17.8. The van der Waals surface area contributed by atoms with Gasteiger partial charge in [-0.1, -0.05) is 138 Å². The maximum absolute atomic E-state index is 13.5. The highest BCUT2D eigenvalue weighted by Gasteiger charge is 2.27. The summed E-state index contributed by atoms with van der Waals surface area (Å²) in [6.45, 7) is 2.39. The van der Waals surface area contributed by atoms with E-state index in [1.54, 1.807) is 12.1 Å². The summed E-state index contributed by atoms with van der Waals surface area (Å²) in [4.78, 5) is 51.4. The number of unbranched alkanes of at least 4 members (excludes halogenated alkanes) is 10. The molecule has 8 heteroatoms. The summed E-state index contributed by atoms with van der Waals surface area (Å²) in [5.74, 6) is -2.00. The topological polar surface area (TPSA) is 125 Å². The van der Waals surface area contributed by atoms with Gasteiger partial charge in [0.25, 0.3) is 5.91 Å². The van der Waals surface area contributed by atoms with Gasteiger partial charge >= 0.3 is 11.9 Å². The molecular formula is C40H54N2O6. The minimum absolute atomic E-state index is 0.0736. The van der Waals surface area contributed by atoms with Crippen LogP contribution >= 0.6 is 0 Å². The lowest BCUT2D eigenvalue weighted by Gasteiger charge is -2.22. The van der Waals surface area contributed by atoms with E-state index >= 15 is 0 Å². The highest BCUT2D eigenvalue weighted by molar-refractivity contribution is 6.08. The molecule has 0 aliphatic carbocycles. The third-order valence-electron chi connectivity index (χ3n) is 8.58. The van der Waals surface area contributed by atoms with Gasteiger partial charge < -0.3 is 20.5 Å². The molecule has 3 aromatic rings. The molecule has 0 unspecified atom stereocenters. The van der Waals surface area contributed by atoms with Crippen molar-refractivity contribution >= 4 is 34.5 Å². The van der Waals surface area contributed by atoms with Crippen LogP contribution < -0.4 is 11.1 Å². The summed E-state index contributed by atoms with van der Waals surface area (Å²) >= 11 is 0. The molecule has 0 radical (unpaired) electrons. The predicted octanol–water partition coefficient (Wildman–Crippen LogP) is 8.34. The second kappa shape index (κ2) is 22.4. The Balaban J connectivity index is 1.56. The van der Waals surface area contributed by atoms with E-state index < -0.39 is 35.9 Å². The number of primary amides is 1. The van der Waals surface area contributed by atoms with E-state index in [9.17, 15) is 19.2 Å². The fourth-order valence-corrected chi connectivity index (χ4v) is 5.88. The van der Waals surface area contributed by atoms with Crippen LogP contribution in [-0.4, -0.2) is 35.9 Å². The fourth-order valence-electron chi connectivity index (χ4n) is 5.88. The van der Waals surface area contributed by atoms with Crippen LogP contribution in [0.3, 0.4) is 0 Å². The molecule has 3 aromatic carbocycles. The van der Waals surface area contributed by atoms with E-state index in [0.717, 1.165) is 35.6 Å². The molecule has 0 aromatic heterocycles. The molecule has 0 aliphatic rings. The number of carbonyl (C=O) groups excluding carboxylic acids is 4. The molecule has 8 nitrogen and oxygen atoms in total. The number of hydrogen-bond acceptors (Lipinski definition) is 6. The first-order valence-corrected chi connectivity index (χ1v) is 17.8. The van der Waals surface area contributed by atoms with Crippen molar-refractivity contribution in [2.24, 2.45) is 5.73 Å². The number of benzene rings is 3. The summed E-state index contributed by atoms with van der Waals surface area (Å²) in [7, 11) is 0. The predicted molar refractivity (Wildman–Crippen MR) is 190 cm³/mol. The van der Waals surface area contributed by atoms with Crippen LogP contribution in [0, 0.1) is 0 Å².